The van der Waals surface area contributed by atoms with Crippen molar-refractivity contribution in [1.82, 2.24) is 0 Å². The quantitative estimate of drug-likeness (QED) is 0.496. The molecule has 0 N–H and O–H groups in total. The lowest BCUT2D eigenvalue weighted by molar-refractivity contribution is 0.0491. The molecule has 0 aliphatic carbocycles. The van der Waals surface area contributed by atoms with Crippen molar-refractivity contribution in [3.05, 3.63) is 0 Å². The minimum Gasteiger partial charge on any atom is -0.378 e. The van der Waals surface area contributed by atoms with Gasteiger partial charge in [0.1, 0.15) is 0 Å². The molecule has 0 spiro atoms. The molecule has 0 aromatic carbocycles. The van der Waals surface area contributed by atoms with E-state index in [9.17, 15) is 8.42 Å². The van der Waals surface area contributed by atoms with Crippen molar-refractivity contribution in [3.63, 3.8) is 0 Å². The molecule has 0 radical (unpaired) electrons. The Morgan fingerprint density at radius 1 is 1.31 bits per heavy atom. The number of hydrogen-bond donors (Lipinski definition) is 0. The highest BCUT2D eigenvalue weighted by Crippen LogP contribution is 2.05. The van der Waals surface area contributed by atoms with E-state index < -0.39 is 9.05 Å². The molecule has 0 saturated heterocycles. The molecular formula is C8H17ClO3S. The van der Waals surface area contributed by atoms with Gasteiger partial charge in [0.25, 0.3) is 0 Å². The third-order valence-corrected chi connectivity index (χ3v) is 3.04. The van der Waals surface area contributed by atoms with E-state index in [2.05, 4.69) is 0 Å². The fourth-order valence-corrected chi connectivity index (χ4v) is 1.80. The lowest BCUT2D eigenvalue weighted by Crippen LogP contribution is -2.12. The summed E-state index contributed by atoms with van der Waals surface area (Å²) in [7, 11) is 1.69. The Kier molecular flexibility index (Phi) is 6.73. The van der Waals surface area contributed by atoms with Crippen LogP contribution in [0, 0.1) is 0 Å². The van der Waals surface area contributed by atoms with E-state index in [1.165, 1.54) is 0 Å². The summed E-state index contributed by atoms with van der Waals surface area (Å²) in [5.74, 6) is -0.00525. The largest absolute Gasteiger partial charge is 0.378 e. The topological polar surface area (TPSA) is 43.4 Å². The lowest BCUT2D eigenvalue weighted by atomic mass is 10.2. The molecule has 0 atom stereocenters. The number of rotatable bonds is 7. The van der Waals surface area contributed by atoms with Gasteiger partial charge in [-0.25, -0.2) is 8.42 Å². The van der Waals surface area contributed by atoms with Crippen LogP contribution >= 0.6 is 10.7 Å². The Morgan fingerprint density at radius 3 is 2.23 bits per heavy atom. The summed E-state index contributed by atoms with van der Waals surface area (Å²) in [6.07, 6.45) is 2.65. The maximum absolute atomic E-state index is 10.5. The van der Waals surface area contributed by atoms with E-state index >= 15 is 0 Å². The summed E-state index contributed by atoms with van der Waals surface area (Å²) in [5.41, 5.74) is 0. The Balaban J connectivity index is 3.45. The summed E-state index contributed by atoms with van der Waals surface area (Å²) in [5, 5.41) is 0. The summed E-state index contributed by atoms with van der Waals surface area (Å²) in [6.45, 7) is 4.57. The van der Waals surface area contributed by atoms with E-state index in [1.54, 1.807) is 0 Å². The first-order chi connectivity index (χ1) is 5.99. The first-order valence-electron chi connectivity index (χ1n) is 4.53. The SMILES string of the molecule is CCC(CC)OCCCS(=O)(=O)Cl. The second kappa shape index (κ2) is 6.62. The summed E-state index contributed by atoms with van der Waals surface area (Å²) in [6, 6.07) is 0. The Bertz CT molecular complexity index is 209. The molecule has 0 bridgehead atoms. The summed E-state index contributed by atoms with van der Waals surface area (Å²) >= 11 is 0. The van der Waals surface area contributed by atoms with Crippen molar-refractivity contribution in [2.75, 3.05) is 12.4 Å². The Hall–Kier alpha value is 0.200. The lowest BCUT2D eigenvalue weighted by Gasteiger charge is -2.12. The van der Waals surface area contributed by atoms with Gasteiger partial charge in [0.15, 0.2) is 0 Å². The highest BCUT2D eigenvalue weighted by molar-refractivity contribution is 8.13. The molecule has 0 rings (SSSR count). The van der Waals surface area contributed by atoms with Crippen molar-refractivity contribution in [1.29, 1.82) is 0 Å². The molecule has 0 aromatic heterocycles. The van der Waals surface area contributed by atoms with E-state index in [0.717, 1.165) is 12.8 Å². The molecule has 0 aromatic rings. The predicted octanol–water partition coefficient (Wildman–Crippen LogP) is 2.15. The average molecular weight is 229 g/mol. The van der Waals surface area contributed by atoms with Crippen LogP contribution in [0.3, 0.4) is 0 Å². The van der Waals surface area contributed by atoms with E-state index in [4.69, 9.17) is 15.4 Å². The van der Waals surface area contributed by atoms with Gasteiger partial charge in [-0.05, 0) is 19.3 Å². The van der Waals surface area contributed by atoms with Crippen LogP contribution in [0.5, 0.6) is 0 Å². The summed E-state index contributed by atoms with van der Waals surface area (Å²) in [4.78, 5) is 0. The normalized spacial score (nSPS) is 12.3. The number of halogens is 1. The molecule has 0 aliphatic heterocycles. The van der Waals surface area contributed by atoms with Crippen LogP contribution in [-0.4, -0.2) is 26.9 Å². The smallest absolute Gasteiger partial charge is 0.232 e. The van der Waals surface area contributed by atoms with Crippen molar-refractivity contribution < 1.29 is 13.2 Å². The molecule has 0 saturated carbocycles. The van der Waals surface area contributed by atoms with Gasteiger partial charge in [-0.1, -0.05) is 13.8 Å². The average Bonchev–Trinajstić information content (AvgIpc) is 2.03. The zero-order valence-electron chi connectivity index (χ0n) is 8.12. The van der Waals surface area contributed by atoms with Crippen LogP contribution in [0.4, 0.5) is 0 Å². The van der Waals surface area contributed by atoms with Gasteiger partial charge in [0.2, 0.25) is 9.05 Å². The minimum absolute atomic E-state index is 0.00525. The zero-order chi connectivity index (χ0) is 10.3. The van der Waals surface area contributed by atoms with Crippen LogP contribution in [0.1, 0.15) is 33.1 Å². The van der Waals surface area contributed by atoms with Crippen molar-refractivity contribution >= 4 is 19.7 Å². The van der Waals surface area contributed by atoms with Gasteiger partial charge in [-0.15, -0.1) is 0 Å². The van der Waals surface area contributed by atoms with Gasteiger partial charge >= 0.3 is 0 Å². The Morgan fingerprint density at radius 2 is 1.85 bits per heavy atom. The fraction of sp³-hybridized carbons (Fsp3) is 1.00. The highest BCUT2D eigenvalue weighted by atomic mass is 35.7. The second-order valence-electron chi connectivity index (χ2n) is 2.91. The molecule has 0 heterocycles. The van der Waals surface area contributed by atoms with Crippen LogP contribution < -0.4 is 0 Å². The standard InChI is InChI=1S/C8H17ClO3S/c1-3-8(4-2)12-6-5-7-13(9,10)11/h8H,3-7H2,1-2H3. The third kappa shape index (κ3) is 8.53. The second-order valence-corrected chi connectivity index (χ2v) is 5.80. The highest BCUT2D eigenvalue weighted by Gasteiger charge is 2.06. The van der Waals surface area contributed by atoms with Gasteiger partial charge in [-0.2, -0.15) is 0 Å². The first-order valence-corrected chi connectivity index (χ1v) is 7.01. The van der Waals surface area contributed by atoms with Crippen LogP contribution in [0.2, 0.25) is 0 Å². The fourth-order valence-electron chi connectivity index (χ4n) is 1.01. The van der Waals surface area contributed by atoms with Crippen LogP contribution in [0.25, 0.3) is 0 Å². The van der Waals surface area contributed by atoms with E-state index in [-0.39, 0.29) is 11.9 Å². The monoisotopic (exact) mass is 228 g/mol. The van der Waals surface area contributed by atoms with Gasteiger partial charge < -0.3 is 4.74 Å². The number of ether oxygens (including phenoxy) is 1. The molecule has 5 heteroatoms. The maximum atomic E-state index is 10.5. The molecule has 0 unspecified atom stereocenters. The number of hydrogen-bond acceptors (Lipinski definition) is 3. The van der Waals surface area contributed by atoms with Crippen molar-refractivity contribution in [2.24, 2.45) is 0 Å². The molecule has 0 aliphatic rings. The van der Waals surface area contributed by atoms with Crippen molar-refractivity contribution in [3.8, 4) is 0 Å². The zero-order valence-corrected chi connectivity index (χ0v) is 9.70. The van der Waals surface area contributed by atoms with E-state index in [1.807, 2.05) is 13.8 Å². The van der Waals surface area contributed by atoms with Crippen LogP contribution in [0.15, 0.2) is 0 Å². The molecular weight excluding hydrogens is 212 g/mol. The molecule has 80 valence electrons. The molecule has 0 fully saturated rings. The maximum Gasteiger partial charge on any atom is 0.232 e. The van der Waals surface area contributed by atoms with Gasteiger partial charge in [-0.3, -0.25) is 0 Å². The van der Waals surface area contributed by atoms with Gasteiger partial charge in [0.05, 0.1) is 11.9 Å². The first kappa shape index (κ1) is 13.2. The molecule has 3 nitrogen and oxygen atoms in total. The minimum atomic E-state index is -3.34. The predicted molar refractivity (Wildman–Crippen MR) is 54.6 cm³/mol. The summed E-state index contributed by atoms with van der Waals surface area (Å²) < 4.78 is 26.5. The molecule has 0 amide bonds. The van der Waals surface area contributed by atoms with Crippen LogP contribution in [-0.2, 0) is 13.8 Å². The van der Waals surface area contributed by atoms with E-state index in [0.29, 0.717) is 13.0 Å². The third-order valence-electron chi connectivity index (χ3n) is 1.80. The Labute approximate surface area is 84.8 Å². The molecule has 13 heavy (non-hydrogen) atoms. The van der Waals surface area contributed by atoms with Gasteiger partial charge in [0, 0.05) is 17.3 Å². The van der Waals surface area contributed by atoms with Crippen molar-refractivity contribution in [2.45, 2.75) is 39.2 Å².